The quantitative estimate of drug-likeness (QED) is 0.390. The zero-order chi connectivity index (χ0) is 26.5. The third-order valence-electron chi connectivity index (χ3n) is 5.54. The van der Waals surface area contributed by atoms with Gasteiger partial charge in [0.2, 0.25) is 15.9 Å². The predicted molar refractivity (Wildman–Crippen MR) is 136 cm³/mol. The Labute approximate surface area is 211 Å². The van der Waals surface area contributed by atoms with Crippen molar-refractivity contribution < 1.29 is 26.0 Å². The number of sulfone groups is 1. The number of benzene rings is 2. The number of aromatic nitrogens is 2. The second-order valence-corrected chi connectivity index (χ2v) is 12.8. The summed E-state index contributed by atoms with van der Waals surface area (Å²) >= 11 is 0. The molecule has 2 aromatic carbocycles. The second-order valence-electron chi connectivity index (χ2n) is 8.36. The molecular weight excluding hydrogens is 504 g/mol. The summed E-state index contributed by atoms with van der Waals surface area (Å²) < 4.78 is 57.5. The predicted octanol–water partition coefficient (Wildman–Crippen LogP) is 3.98. The topological polar surface area (TPSA) is 140 Å². The van der Waals surface area contributed by atoms with E-state index in [2.05, 4.69) is 15.5 Å². The molecule has 0 aliphatic carbocycles. The minimum atomic E-state index is -3.65. The van der Waals surface area contributed by atoms with Crippen LogP contribution in [0.3, 0.4) is 0 Å². The van der Waals surface area contributed by atoms with E-state index in [1.165, 1.54) is 40.7 Å². The maximum Gasteiger partial charge on any atom is 0.322 e. The summed E-state index contributed by atoms with van der Waals surface area (Å²) in [5.74, 6) is -0.525. The van der Waals surface area contributed by atoms with Gasteiger partial charge < -0.3 is 4.42 Å². The van der Waals surface area contributed by atoms with E-state index in [1.54, 1.807) is 32.9 Å². The lowest BCUT2D eigenvalue weighted by molar-refractivity contribution is 0.102. The Kier molecular flexibility index (Phi) is 8.64. The van der Waals surface area contributed by atoms with Crippen LogP contribution in [-0.4, -0.2) is 55.6 Å². The molecule has 0 spiro atoms. The van der Waals surface area contributed by atoms with Crippen molar-refractivity contribution >= 4 is 31.8 Å². The number of carbonyl (C=O) groups excluding carboxylic acids is 1. The molecule has 3 aromatic rings. The van der Waals surface area contributed by atoms with Crippen LogP contribution in [0.15, 0.2) is 62.7 Å². The Morgan fingerprint density at radius 2 is 1.69 bits per heavy atom. The molecule has 0 unspecified atom stereocenters. The number of carbonyl (C=O) groups is 1. The van der Waals surface area contributed by atoms with Gasteiger partial charge in [0.25, 0.3) is 5.91 Å². The number of hydrogen-bond donors (Lipinski definition) is 1. The fourth-order valence-electron chi connectivity index (χ4n) is 3.35. The van der Waals surface area contributed by atoms with Crippen LogP contribution in [-0.2, 0) is 19.9 Å². The van der Waals surface area contributed by atoms with Crippen molar-refractivity contribution in [3.63, 3.8) is 0 Å². The van der Waals surface area contributed by atoms with E-state index in [4.69, 9.17) is 4.42 Å². The van der Waals surface area contributed by atoms with Gasteiger partial charge in [0.15, 0.2) is 9.84 Å². The fourth-order valence-corrected chi connectivity index (χ4v) is 5.94. The molecule has 1 heterocycles. The molecule has 3 rings (SSSR count). The normalized spacial score (nSPS) is 12.3. The summed E-state index contributed by atoms with van der Waals surface area (Å²) in [4.78, 5) is 12.9. The summed E-state index contributed by atoms with van der Waals surface area (Å²) in [6, 6.07) is 11.5. The minimum absolute atomic E-state index is 0.0410. The van der Waals surface area contributed by atoms with E-state index in [1.807, 2.05) is 6.92 Å². The molecule has 0 saturated carbocycles. The Bertz CT molecular complexity index is 1410. The van der Waals surface area contributed by atoms with Crippen molar-refractivity contribution in [3.05, 3.63) is 54.1 Å². The van der Waals surface area contributed by atoms with Crippen LogP contribution in [0.25, 0.3) is 11.5 Å². The molecule has 12 heteroatoms. The SMILES string of the molecule is CCCCN(CC)S(=O)(=O)c1ccc(C(=O)Nc2nnc(-c3cccc(S(=O)(=O)C(C)C)c3)o2)cc1. The molecule has 36 heavy (non-hydrogen) atoms. The molecule has 10 nitrogen and oxygen atoms in total. The molecule has 1 amide bonds. The van der Waals surface area contributed by atoms with Crippen molar-refractivity contribution in [2.45, 2.75) is 55.6 Å². The Hall–Kier alpha value is -3.09. The molecule has 0 fully saturated rings. The summed E-state index contributed by atoms with van der Waals surface area (Å²) in [6.07, 6.45) is 1.64. The number of rotatable bonds is 11. The maximum atomic E-state index is 12.9. The van der Waals surface area contributed by atoms with Crippen LogP contribution in [0.4, 0.5) is 6.01 Å². The fraction of sp³-hybridized carbons (Fsp3) is 0.375. The third-order valence-corrected chi connectivity index (χ3v) is 9.68. The number of nitrogens with one attached hydrogen (secondary N) is 1. The summed E-state index contributed by atoms with van der Waals surface area (Å²) in [5, 5.41) is 9.58. The average molecular weight is 535 g/mol. The van der Waals surface area contributed by atoms with E-state index >= 15 is 0 Å². The van der Waals surface area contributed by atoms with E-state index in [9.17, 15) is 21.6 Å². The van der Waals surface area contributed by atoms with Gasteiger partial charge in [-0.2, -0.15) is 4.31 Å². The van der Waals surface area contributed by atoms with Gasteiger partial charge in [-0.25, -0.2) is 16.8 Å². The molecule has 0 bridgehead atoms. The van der Waals surface area contributed by atoms with Gasteiger partial charge in [0.1, 0.15) is 0 Å². The first-order chi connectivity index (χ1) is 17.0. The smallest absolute Gasteiger partial charge is 0.322 e. The Morgan fingerprint density at radius 3 is 2.31 bits per heavy atom. The monoisotopic (exact) mass is 534 g/mol. The van der Waals surface area contributed by atoms with Crippen LogP contribution < -0.4 is 5.32 Å². The zero-order valence-electron chi connectivity index (χ0n) is 20.6. The van der Waals surface area contributed by atoms with Gasteiger partial charge in [0, 0.05) is 24.2 Å². The molecular formula is C24H30N4O6S2. The third kappa shape index (κ3) is 6.00. The molecule has 0 radical (unpaired) electrons. The van der Waals surface area contributed by atoms with Crippen molar-refractivity contribution in [2.75, 3.05) is 18.4 Å². The van der Waals surface area contributed by atoms with Crippen LogP contribution in [0.2, 0.25) is 0 Å². The van der Waals surface area contributed by atoms with Crippen LogP contribution in [0, 0.1) is 0 Å². The zero-order valence-corrected chi connectivity index (χ0v) is 22.3. The summed E-state index contributed by atoms with van der Waals surface area (Å²) in [5.41, 5.74) is 0.596. The molecule has 1 N–H and O–H groups in total. The van der Waals surface area contributed by atoms with E-state index in [0.29, 0.717) is 18.7 Å². The van der Waals surface area contributed by atoms with Gasteiger partial charge in [0.05, 0.1) is 15.0 Å². The van der Waals surface area contributed by atoms with Crippen molar-refractivity contribution in [1.29, 1.82) is 0 Å². The number of nitrogens with zero attached hydrogens (tertiary/aromatic N) is 3. The highest BCUT2D eigenvalue weighted by Gasteiger charge is 2.23. The van der Waals surface area contributed by atoms with Gasteiger partial charge in [-0.05, 0) is 62.7 Å². The van der Waals surface area contributed by atoms with Gasteiger partial charge >= 0.3 is 6.01 Å². The summed E-state index contributed by atoms with van der Waals surface area (Å²) in [7, 11) is -7.14. The van der Waals surface area contributed by atoms with E-state index in [0.717, 1.165) is 12.8 Å². The number of hydrogen-bond acceptors (Lipinski definition) is 8. The molecule has 0 atom stereocenters. The molecule has 0 aliphatic heterocycles. The first-order valence-electron chi connectivity index (χ1n) is 11.6. The van der Waals surface area contributed by atoms with Gasteiger partial charge in [-0.1, -0.05) is 31.4 Å². The number of unbranched alkanes of at least 4 members (excludes halogenated alkanes) is 1. The van der Waals surface area contributed by atoms with Crippen molar-refractivity contribution in [1.82, 2.24) is 14.5 Å². The average Bonchev–Trinajstić information content (AvgIpc) is 3.33. The highest BCUT2D eigenvalue weighted by atomic mass is 32.2. The van der Waals surface area contributed by atoms with Crippen molar-refractivity contribution in [2.24, 2.45) is 0 Å². The Balaban J connectivity index is 1.74. The second kappa shape index (κ2) is 11.3. The van der Waals surface area contributed by atoms with Crippen LogP contribution in [0.1, 0.15) is 50.9 Å². The van der Waals surface area contributed by atoms with E-state index < -0.39 is 31.0 Å². The van der Waals surface area contributed by atoms with Gasteiger partial charge in [-0.3, -0.25) is 10.1 Å². The standard InChI is InChI=1S/C24H30N4O6S2/c1-5-7-15-28(6-2)36(32,33)20-13-11-18(12-14-20)22(29)25-24-27-26-23(34-24)19-9-8-10-21(16-19)35(30,31)17(3)4/h8-14,16-17H,5-7,15H2,1-4H3,(H,25,27,29). The largest absolute Gasteiger partial charge is 0.403 e. The molecule has 0 aliphatic rings. The summed E-state index contributed by atoms with van der Waals surface area (Å²) in [6.45, 7) is 7.76. The number of anilines is 1. The lowest BCUT2D eigenvalue weighted by Crippen LogP contribution is -2.31. The lowest BCUT2D eigenvalue weighted by Gasteiger charge is -2.20. The highest BCUT2D eigenvalue weighted by Crippen LogP contribution is 2.25. The Morgan fingerprint density at radius 1 is 1.00 bits per heavy atom. The van der Waals surface area contributed by atoms with Gasteiger partial charge in [-0.15, -0.1) is 5.10 Å². The molecule has 194 valence electrons. The minimum Gasteiger partial charge on any atom is -0.403 e. The molecule has 0 saturated heterocycles. The van der Waals surface area contributed by atoms with Crippen molar-refractivity contribution in [3.8, 4) is 11.5 Å². The molecule has 1 aromatic heterocycles. The number of sulfonamides is 1. The van der Waals surface area contributed by atoms with Crippen LogP contribution in [0.5, 0.6) is 0 Å². The maximum absolute atomic E-state index is 12.9. The first kappa shape index (κ1) is 27.5. The van der Waals surface area contributed by atoms with Crippen LogP contribution >= 0.6 is 0 Å². The first-order valence-corrected chi connectivity index (χ1v) is 14.6. The lowest BCUT2D eigenvalue weighted by atomic mass is 10.2. The number of amides is 1. The van der Waals surface area contributed by atoms with E-state index in [-0.39, 0.29) is 27.3 Å². The highest BCUT2D eigenvalue weighted by molar-refractivity contribution is 7.92.